The van der Waals surface area contributed by atoms with E-state index < -0.39 is 12.0 Å². The molecule has 0 spiro atoms. The lowest BCUT2D eigenvalue weighted by Crippen LogP contribution is -2.28. The van der Waals surface area contributed by atoms with Gasteiger partial charge < -0.3 is 15.7 Å². The van der Waals surface area contributed by atoms with E-state index in [2.05, 4.69) is 21.5 Å². The van der Waals surface area contributed by atoms with Crippen molar-refractivity contribution in [3.63, 3.8) is 0 Å². The number of carbonyl (C=O) groups is 2. The van der Waals surface area contributed by atoms with Crippen molar-refractivity contribution in [3.8, 4) is 12.3 Å². The Kier molecular flexibility index (Phi) is 4.51. The third kappa shape index (κ3) is 4.66. The summed E-state index contributed by atoms with van der Waals surface area (Å²) in [7, 11) is 0. The van der Waals surface area contributed by atoms with E-state index in [1.807, 2.05) is 0 Å². The monoisotopic (exact) mass is 233 g/mol. The summed E-state index contributed by atoms with van der Waals surface area (Å²) in [5.74, 6) is 1.31. The number of nitrogens with one attached hydrogen (secondary N) is 2. The Bertz CT molecular complexity index is 448. The number of carboxylic acids is 1. The molecule has 88 valence electrons. The van der Waals surface area contributed by atoms with E-state index in [-0.39, 0.29) is 13.0 Å². The van der Waals surface area contributed by atoms with Gasteiger partial charge in [-0.15, -0.1) is 6.42 Å². The normalized spacial score (nSPS) is 9.12. The van der Waals surface area contributed by atoms with Gasteiger partial charge >= 0.3 is 12.0 Å². The van der Waals surface area contributed by atoms with Crippen LogP contribution in [0.1, 0.15) is 5.69 Å². The molecule has 0 fully saturated rings. The second-order valence-corrected chi connectivity index (χ2v) is 3.12. The zero-order chi connectivity index (χ0) is 12.7. The first-order chi connectivity index (χ1) is 8.11. The number of carbonyl (C=O) groups excluding carboxylic acids is 1. The van der Waals surface area contributed by atoms with Gasteiger partial charge in [0.15, 0.2) is 0 Å². The molecule has 2 amide bonds. The molecule has 6 heteroatoms. The third-order valence-corrected chi connectivity index (χ3v) is 1.77. The van der Waals surface area contributed by atoms with Gasteiger partial charge in [0, 0.05) is 0 Å². The van der Waals surface area contributed by atoms with Crippen LogP contribution in [0.4, 0.5) is 10.5 Å². The van der Waals surface area contributed by atoms with Gasteiger partial charge in [-0.05, 0) is 12.1 Å². The topological polar surface area (TPSA) is 91.3 Å². The molecule has 0 aromatic carbocycles. The van der Waals surface area contributed by atoms with E-state index in [1.165, 1.54) is 12.3 Å². The Morgan fingerprint density at radius 2 is 2.24 bits per heavy atom. The molecule has 0 saturated carbocycles. The molecule has 1 rings (SSSR count). The van der Waals surface area contributed by atoms with Crippen molar-refractivity contribution in [3.05, 3.63) is 24.0 Å². The number of aliphatic carboxylic acids is 1. The molecule has 0 saturated heterocycles. The van der Waals surface area contributed by atoms with Crippen LogP contribution in [0, 0.1) is 12.3 Å². The molecule has 0 unspecified atom stereocenters. The highest BCUT2D eigenvalue weighted by atomic mass is 16.4. The van der Waals surface area contributed by atoms with Crippen molar-refractivity contribution in [1.82, 2.24) is 10.3 Å². The van der Waals surface area contributed by atoms with Crippen LogP contribution in [0.5, 0.6) is 0 Å². The number of urea groups is 1. The van der Waals surface area contributed by atoms with Crippen molar-refractivity contribution in [2.75, 3.05) is 11.9 Å². The fourth-order valence-electron chi connectivity index (χ4n) is 1.06. The quantitative estimate of drug-likeness (QED) is 0.659. The third-order valence-electron chi connectivity index (χ3n) is 1.77. The van der Waals surface area contributed by atoms with Gasteiger partial charge in [0.05, 0.1) is 30.5 Å². The average Bonchev–Trinajstić information content (AvgIpc) is 2.28. The Labute approximate surface area is 98.1 Å². The number of rotatable bonds is 4. The van der Waals surface area contributed by atoms with Gasteiger partial charge in [0.2, 0.25) is 0 Å². The van der Waals surface area contributed by atoms with Crippen LogP contribution in [-0.4, -0.2) is 28.6 Å². The molecule has 0 atom stereocenters. The SMILES string of the molecule is C#CCNC(=O)Nc1ccc(CC(=O)O)nc1. The van der Waals surface area contributed by atoms with Crippen LogP contribution < -0.4 is 10.6 Å². The Morgan fingerprint density at radius 3 is 2.76 bits per heavy atom. The molecule has 0 bridgehead atoms. The van der Waals surface area contributed by atoms with E-state index in [0.717, 1.165) is 0 Å². The number of hydrogen-bond acceptors (Lipinski definition) is 3. The van der Waals surface area contributed by atoms with Gasteiger partial charge in [-0.25, -0.2) is 4.79 Å². The molecule has 17 heavy (non-hydrogen) atoms. The first-order valence-electron chi connectivity index (χ1n) is 4.77. The predicted molar refractivity (Wildman–Crippen MR) is 61.4 cm³/mol. The van der Waals surface area contributed by atoms with Crippen LogP contribution in [0.3, 0.4) is 0 Å². The summed E-state index contributed by atoms with van der Waals surface area (Å²) in [5.41, 5.74) is 0.890. The summed E-state index contributed by atoms with van der Waals surface area (Å²) in [6, 6.07) is 2.67. The molecule has 1 aromatic heterocycles. The molecule has 1 heterocycles. The summed E-state index contributed by atoms with van der Waals surface area (Å²) in [6.45, 7) is 0.135. The smallest absolute Gasteiger partial charge is 0.320 e. The number of terminal acetylenes is 1. The largest absolute Gasteiger partial charge is 0.481 e. The Hall–Kier alpha value is -2.55. The number of pyridine rings is 1. The summed E-state index contributed by atoms with van der Waals surface area (Å²) < 4.78 is 0. The standard InChI is InChI=1S/C11H11N3O3/c1-2-5-12-11(17)14-9-4-3-8(13-7-9)6-10(15)16/h1,3-4,7H,5-6H2,(H,15,16)(H2,12,14,17). The maximum Gasteiger partial charge on any atom is 0.320 e. The van der Waals surface area contributed by atoms with Crippen molar-refractivity contribution in [2.45, 2.75) is 6.42 Å². The Morgan fingerprint density at radius 1 is 1.47 bits per heavy atom. The van der Waals surface area contributed by atoms with E-state index in [9.17, 15) is 9.59 Å². The van der Waals surface area contributed by atoms with Gasteiger partial charge in [-0.2, -0.15) is 0 Å². The van der Waals surface area contributed by atoms with Crippen LogP contribution >= 0.6 is 0 Å². The van der Waals surface area contributed by atoms with Crippen LogP contribution in [0.2, 0.25) is 0 Å². The number of nitrogens with zero attached hydrogens (tertiary/aromatic N) is 1. The maximum absolute atomic E-state index is 11.2. The highest BCUT2D eigenvalue weighted by Gasteiger charge is 2.03. The van der Waals surface area contributed by atoms with Gasteiger partial charge in [0.1, 0.15) is 0 Å². The van der Waals surface area contributed by atoms with E-state index in [0.29, 0.717) is 11.4 Å². The molecule has 6 nitrogen and oxygen atoms in total. The summed E-state index contributed by atoms with van der Waals surface area (Å²) >= 11 is 0. The predicted octanol–water partition coefficient (Wildman–Crippen LogP) is 0.463. The molecule has 0 aliphatic carbocycles. The minimum atomic E-state index is -0.954. The number of hydrogen-bond donors (Lipinski definition) is 3. The lowest BCUT2D eigenvalue weighted by molar-refractivity contribution is -0.136. The Balaban J connectivity index is 2.53. The van der Waals surface area contributed by atoms with E-state index >= 15 is 0 Å². The van der Waals surface area contributed by atoms with Crippen LogP contribution in [-0.2, 0) is 11.2 Å². The summed E-state index contributed by atoms with van der Waals surface area (Å²) in [4.78, 5) is 25.5. The highest BCUT2D eigenvalue weighted by molar-refractivity contribution is 5.89. The molecule has 0 aliphatic heterocycles. The fraction of sp³-hybridized carbons (Fsp3) is 0.182. The van der Waals surface area contributed by atoms with E-state index in [1.54, 1.807) is 6.07 Å². The second-order valence-electron chi connectivity index (χ2n) is 3.12. The van der Waals surface area contributed by atoms with Crippen molar-refractivity contribution < 1.29 is 14.7 Å². The van der Waals surface area contributed by atoms with Gasteiger partial charge in [-0.3, -0.25) is 9.78 Å². The minimum Gasteiger partial charge on any atom is -0.481 e. The van der Waals surface area contributed by atoms with Crippen molar-refractivity contribution in [2.24, 2.45) is 0 Å². The average molecular weight is 233 g/mol. The first kappa shape index (κ1) is 12.5. The lowest BCUT2D eigenvalue weighted by atomic mass is 10.2. The molecular weight excluding hydrogens is 222 g/mol. The maximum atomic E-state index is 11.2. The first-order valence-corrected chi connectivity index (χ1v) is 4.77. The number of amides is 2. The van der Waals surface area contributed by atoms with Gasteiger partial charge in [0.25, 0.3) is 0 Å². The molecular formula is C11H11N3O3. The fourth-order valence-corrected chi connectivity index (χ4v) is 1.06. The highest BCUT2D eigenvalue weighted by Crippen LogP contribution is 2.06. The molecule has 0 radical (unpaired) electrons. The molecule has 3 N–H and O–H groups in total. The van der Waals surface area contributed by atoms with Gasteiger partial charge in [-0.1, -0.05) is 5.92 Å². The number of anilines is 1. The summed E-state index contributed by atoms with van der Waals surface area (Å²) in [6.07, 6.45) is 6.21. The van der Waals surface area contributed by atoms with Crippen LogP contribution in [0.25, 0.3) is 0 Å². The van der Waals surface area contributed by atoms with Crippen LogP contribution in [0.15, 0.2) is 18.3 Å². The summed E-state index contributed by atoms with van der Waals surface area (Å²) in [5, 5.41) is 13.5. The second kappa shape index (κ2) is 6.12. The molecule has 1 aromatic rings. The zero-order valence-corrected chi connectivity index (χ0v) is 8.93. The zero-order valence-electron chi connectivity index (χ0n) is 8.93. The minimum absolute atomic E-state index is 0.135. The molecule has 0 aliphatic rings. The number of carboxylic acid groups (broad SMARTS) is 1. The number of aromatic nitrogens is 1. The lowest BCUT2D eigenvalue weighted by Gasteiger charge is -2.05. The van der Waals surface area contributed by atoms with E-state index in [4.69, 9.17) is 11.5 Å². The van der Waals surface area contributed by atoms with Crippen molar-refractivity contribution >= 4 is 17.7 Å². The van der Waals surface area contributed by atoms with Crippen molar-refractivity contribution in [1.29, 1.82) is 0 Å².